The molecule has 0 aromatic heterocycles. The van der Waals surface area contributed by atoms with E-state index in [1.54, 1.807) is 0 Å². The molecule has 0 bridgehead atoms. The molecule has 0 saturated heterocycles. The predicted molar refractivity (Wildman–Crippen MR) is 85.6 cm³/mol. The number of aryl methyl sites for hydroxylation is 2. The molecule has 0 spiro atoms. The summed E-state index contributed by atoms with van der Waals surface area (Å²) in [5, 5.41) is 0. The Balaban J connectivity index is 2.28. The number of nitrogens with zero attached hydrogens (tertiary/aromatic N) is 1. The Bertz CT molecular complexity index is 427. The van der Waals surface area contributed by atoms with Crippen LogP contribution in [0.15, 0.2) is 18.2 Å². The van der Waals surface area contributed by atoms with Gasteiger partial charge < -0.3 is 4.90 Å². The van der Waals surface area contributed by atoms with Crippen molar-refractivity contribution >= 4 is 0 Å². The van der Waals surface area contributed by atoms with Crippen LogP contribution >= 0.6 is 0 Å². The summed E-state index contributed by atoms with van der Waals surface area (Å²) in [5.74, 6) is 5.95. The predicted octanol–water partition coefficient (Wildman–Crippen LogP) is 2.55. The van der Waals surface area contributed by atoms with E-state index in [0.29, 0.717) is 6.04 Å². The SMILES string of the molecule is Cc1cccc(C)c1CC(NN)C1(N(C)C)CCCC1. The molecule has 112 valence electrons. The highest BCUT2D eigenvalue weighted by molar-refractivity contribution is 5.34. The molecule has 2 rings (SSSR count). The molecule has 20 heavy (non-hydrogen) atoms. The van der Waals surface area contributed by atoms with Gasteiger partial charge in [-0.15, -0.1) is 0 Å². The maximum atomic E-state index is 5.95. The fourth-order valence-electron chi connectivity index (χ4n) is 3.87. The minimum atomic E-state index is 0.198. The zero-order valence-electron chi connectivity index (χ0n) is 13.4. The minimum Gasteiger partial charge on any atom is -0.302 e. The summed E-state index contributed by atoms with van der Waals surface area (Å²) in [6.45, 7) is 4.40. The van der Waals surface area contributed by atoms with Crippen LogP contribution < -0.4 is 11.3 Å². The molecule has 0 aliphatic heterocycles. The Morgan fingerprint density at radius 1 is 1.20 bits per heavy atom. The van der Waals surface area contributed by atoms with Crippen LogP contribution in [0.5, 0.6) is 0 Å². The third-order valence-electron chi connectivity index (χ3n) is 5.26. The van der Waals surface area contributed by atoms with Crippen molar-refractivity contribution in [1.29, 1.82) is 0 Å². The van der Waals surface area contributed by atoms with Crippen molar-refractivity contribution in [3.05, 3.63) is 34.9 Å². The molecule has 1 saturated carbocycles. The van der Waals surface area contributed by atoms with Gasteiger partial charge in [-0.2, -0.15) is 0 Å². The largest absolute Gasteiger partial charge is 0.302 e. The Morgan fingerprint density at radius 2 is 1.75 bits per heavy atom. The monoisotopic (exact) mass is 275 g/mol. The second-order valence-electron chi connectivity index (χ2n) is 6.50. The summed E-state index contributed by atoms with van der Waals surface area (Å²) in [6, 6.07) is 6.84. The van der Waals surface area contributed by atoms with E-state index in [2.05, 4.69) is 56.5 Å². The van der Waals surface area contributed by atoms with Gasteiger partial charge in [-0.25, -0.2) is 0 Å². The van der Waals surface area contributed by atoms with Gasteiger partial charge in [-0.3, -0.25) is 11.3 Å². The van der Waals surface area contributed by atoms with E-state index in [-0.39, 0.29) is 5.54 Å². The normalized spacial score (nSPS) is 19.5. The van der Waals surface area contributed by atoms with Gasteiger partial charge in [0, 0.05) is 11.6 Å². The third kappa shape index (κ3) is 2.76. The highest BCUT2D eigenvalue weighted by Crippen LogP contribution is 2.38. The number of hydrazine groups is 1. The van der Waals surface area contributed by atoms with E-state index >= 15 is 0 Å². The topological polar surface area (TPSA) is 41.3 Å². The zero-order chi connectivity index (χ0) is 14.8. The summed E-state index contributed by atoms with van der Waals surface area (Å²) in [6.07, 6.45) is 6.10. The van der Waals surface area contributed by atoms with E-state index in [1.165, 1.54) is 42.4 Å². The summed E-state index contributed by atoms with van der Waals surface area (Å²) in [4.78, 5) is 2.39. The molecule has 1 aliphatic rings. The molecule has 3 heteroatoms. The van der Waals surface area contributed by atoms with Crippen LogP contribution in [0.4, 0.5) is 0 Å². The molecule has 0 amide bonds. The lowest BCUT2D eigenvalue weighted by atomic mass is 9.82. The van der Waals surface area contributed by atoms with Crippen LogP contribution in [0.3, 0.4) is 0 Å². The number of hydrogen-bond acceptors (Lipinski definition) is 3. The molecule has 1 aliphatic carbocycles. The minimum absolute atomic E-state index is 0.198. The lowest BCUT2D eigenvalue weighted by Gasteiger charge is -2.43. The van der Waals surface area contributed by atoms with E-state index < -0.39 is 0 Å². The van der Waals surface area contributed by atoms with Crippen molar-refractivity contribution in [3.63, 3.8) is 0 Å². The average Bonchev–Trinajstić information content (AvgIpc) is 2.89. The first kappa shape index (κ1) is 15.5. The van der Waals surface area contributed by atoms with Crippen LogP contribution in [-0.2, 0) is 6.42 Å². The van der Waals surface area contributed by atoms with Crippen molar-refractivity contribution in [2.45, 2.75) is 57.5 Å². The number of rotatable bonds is 5. The van der Waals surface area contributed by atoms with Gasteiger partial charge in [0.1, 0.15) is 0 Å². The molecular formula is C17H29N3. The van der Waals surface area contributed by atoms with Gasteiger partial charge in [0.15, 0.2) is 0 Å². The molecule has 3 N–H and O–H groups in total. The molecule has 0 heterocycles. The van der Waals surface area contributed by atoms with Gasteiger partial charge in [0.05, 0.1) is 0 Å². The maximum Gasteiger partial charge on any atom is 0.0435 e. The van der Waals surface area contributed by atoms with Crippen LogP contribution in [0.1, 0.15) is 42.4 Å². The molecule has 1 atom stereocenters. The molecule has 1 aromatic rings. The standard InChI is InChI=1S/C17H29N3/c1-13-8-7-9-14(2)15(13)12-16(19-18)17(20(3)4)10-5-6-11-17/h7-9,16,19H,5-6,10-12,18H2,1-4H3. The average molecular weight is 275 g/mol. The fourth-order valence-corrected chi connectivity index (χ4v) is 3.87. The third-order valence-corrected chi connectivity index (χ3v) is 5.26. The van der Waals surface area contributed by atoms with Crippen LogP contribution in [0.2, 0.25) is 0 Å². The van der Waals surface area contributed by atoms with Crippen molar-refractivity contribution in [2.75, 3.05) is 14.1 Å². The highest BCUT2D eigenvalue weighted by atomic mass is 15.3. The lowest BCUT2D eigenvalue weighted by Crippen LogP contribution is -2.60. The van der Waals surface area contributed by atoms with Crippen molar-refractivity contribution in [3.8, 4) is 0 Å². The number of hydrogen-bond donors (Lipinski definition) is 2. The molecule has 1 unspecified atom stereocenters. The van der Waals surface area contributed by atoms with Crippen LogP contribution in [0, 0.1) is 13.8 Å². The Hall–Kier alpha value is -0.900. The van der Waals surface area contributed by atoms with Crippen molar-refractivity contribution < 1.29 is 0 Å². The lowest BCUT2D eigenvalue weighted by molar-refractivity contribution is 0.104. The molecular weight excluding hydrogens is 246 g/mol. The van der Waals surface area contributed by atoms with Crippen molar-refractivity contribution in [2.24, 2.45) is 5.84 Å². The Labute approximate surface area is 123 Å². The summed E-state index contributed by atoms with van der Waals surface area (Å²) >= 11 is 0. The Kier molecular flexibility index (Phi) is 4.84. The first-order chi connectivity index (χ1) is 9.51. The quantitative estimate of drug-likeness (QED) is 0.641. The van der Waals surface area contributed by atoms with Gasteiger partial charge in [-0.05, 0) is 63.9 Å². The van der Waals surface area contributed by atoms with E-state index in [4.69, 9.17) is 5.84 Å². The van der Waals surface area contributed by atoms with E-state index in [1.807, 2.05) is 0 Å². The zero-order valence-corrected chi connectivity index (χ0v) is 13.4. The summed E-state index contributed by atoms with van der Waals surface area (Å²) < 4.78 is 0. The second kappa shape index (κ2) is 6.25. The second-order valence-corrected chi connectivity index (χ2v) is 6.50. The van der Waals surface area contributed by atoms with Gasteiger partial charge in [-0.1, -0.05) is 31.0 Å². The molecule has 0 radical (unpaired) electrons. The molecule has 1 aromatic carbocycles. The summed E-state index contributed by atoms with van der Waals surface area (Å²) in [5.41, 5.74) is 7.52. The van der Waals surface area contributed by atoms with E-state index in [9.17, 15) is 0 Å². The number of benzene rings is 1. The van der Waals surface area contributed by atoms with Gasteiger partial charge in [0.25, 0.3) is 0 Å². The summed E-state index contributed by atoms with van der Waals surface area (Å²) in [7, 11) is 4.39. The van der Waals surface area contributed by atoms with Gasteiger partial charge in [0.2, 0.25) is 0 Å². The van der Waals surface area contributed by atoms with Crippen molar-refractivity contribution in [1.82, 2.24) is 10.3 Å². The smallest absolute Gasteiger partial charge is 0.0435 e. The highest BCUT2D eigenvalue weighted by Gasteiger charge is 2.42. The van der Waals surface area contributed by atoms with Crippen LogP contribution in [0.25, 0.3) is 0 Å². The van der Waals surface area contributed by atoms with E-state index in [0.717, 1.165) is 6.42 Å². The Morgan fingerprint density at radius 3 is 2.20 bits per heavy atom. The maximum absolute atomic E-state index is 5.95. The molecule has 1 fully saturated rings. The first-order valence-corrected chi connectivity index (χ1v) is 7.70. The first-order valence-electron chi connectivity index (χ1n) is 7.70. The number of nitrogens with one attached hydrogen (secondary N) is 1. The number of likely N-dealkylation sites (N-methyl/N-ethyl adjacent to an activating group) is 1. The number of nitrogens with two attached hydrogens (primary N) is 1. The van der Waals surface area contributed by atoms with Crippen LogP contribution in [-0.4, -0.2) is 30.6 Å². The fraction of sp³-hybridized carbons (Fsp3) is 0.647. The molecule has 3 nitrogen and oxygen atoms in total. The van der Waals surface area contributed by atoms with Gasteiger partial charge >= 0.3 is 0 Å².